The van der Waals surface area contributed by atoms with Crippen LogP contribution in [0.5, 0.6) is 0 Å². The average Bonchev–Trinajstić information content (AvgIpc) is 3.19. The van der Waals surface area contributed by atoms with E-state index in [0.717, 1.165) is 18.8 Å². The highest BCUT2D eigenvalue weighted by Gasteiger charge is 2.21. The van der Waals surface area contributed by atoms with E-state index < -0.39 is 10.0 Å². The Morgan fingerprint density at radius 2 is 2.22 bits per heavy atom. The lowest BCUT2D eigenvalue weighted by Gasteiger charge is -2.09. The minimum absolute atomic E-state index is 0.207. The maximum Gasteiger partial charge on any atom is 0.244 e. The van der Waals surface area contributed by atoms with Gasteiger partial charge < -0.3 is 5.32 Å². The molecule has 5 nitrogen and oxygen atoms in total. The number of nitrogens with one attached hydrogen (secondary N) is 2. The van der Waals surface area contributed by atoms with E-state index in [1.807, 2.05) is 0 Å². The first-order chi connectivity index (χ1) is 8.63. The summed E-state index contributed by atoms with van der Waals surface area (Å²) in [5, 5.41) is 2.79. The van der Waals surface area contributed by atoms with Crippen molar-refractivity contribution in [2.45, 2.75) is 30.6 Å². The molecule has 0 atom stereocenters. The first-order valence-electron chi connectivity index (χ1n) is 6.26. The van der Waals surface area contributed by atoms with Crippen LogP contribution in [0.3, 0.4) is 0 Å². The third-order valence-electron chi connectivity index (χ3n) is 3.08. The molecule has 0 bridgehead atoms. The Kier molecular flexibility index (Phi) is 4.19. The van der Waals surface area contributed by atoms with Crippen LogP contribution >= 0.6 is 0 Å². The number of aromatic nitrogens is 1. The molecule has 1 aliphatic carbocycles. The van der Waals surface area contributed by atoms with Crippen LogP contribution in [0.15, 0.2) is 23.2 Å². The number of pyridine rings is 1. The SMILES string of the molecule is CNc1ncccc1S(=O)(=O)NCCCC1CC1. The molecule has 0 aromatic carbocycles. The Hall–Kier alpha value is -1.14. The van der Waals surface area contributed by atoms with Crippen molar-refractivity contribution in [2.24, 2.45) is 5.92 Å². The summed E-state index contributed by atoms with van der Waals surface area (Å²) in [7, 11) is -1.79. The highest BCUT2D eigenvalue weighted by Crippen LogP contribution is 2.33. The minimum Gasteiger partial charge on any atom is -0.372 e. The monoisotopic (exact) mass is 269 g/mol. The van der Waals surface area contributed by atoms with Gasteiger partial charge in [0.2, 0.25) is 10.0 Å². The first-order valence-corrected chi connectivity index (χ1v) is 7.74. The predicted molar refractivity (Wildman–Crippen MR) is 70.9 cm³/mol. The maximum atomic E-state index is 12.1. The van der Waals surface area contributed by atoms with Crippen LogP contribution < -0.4 is 10.0 Å². The van der Waals surface area contributed by atoms with Crippen molar-refractivity contribution in [3.05, 3.63) is 18.3 Å². The maximum absolute atomic E-state index is 12.1. The zero-order valence-corrected chi connectivity index (χ0v) is 11.3. The Morgan fingerprint density at radius 3 is 2.89 bits per heavy atom. The fourth-order valence-corrected chi connectivity index (χ4v) is 3.11. The summed E-state index contributed by atoms with van der Waals surface area (Å²) in [4.78, 5) is 4.21. The molecule has 0 aliphatic heterocycles. The van der Waals surface area contributed by atoms with Gasteiger partial charge in [0, 0.05) is 19.8 Å². The second-order valence-corrected chi connectivity index (χ2v) is 6.32. The number of anilines is 1. The molecule has 0 amide bonds. The molecule has 100 valence electrons. The highest BCUT2D eigenvalue weighted by atomic mass is 32.2. The number of nitrogens with zero attached hydrogens (tertiary/aromatic N) is 1. The third kappa shape index (κ3) is 3.43. The number of hydrogen-bond donors (Lipinski definition) is 2. The largest absolute Gasteiger partial charge is 0.372 e. The van der Waals surface area contributed by atoms with E-state index in [0.29, 0.717) is 12.4 Å². The second-order valence-electron chi connectivity index (χ2n) is 4.58. The molecule has 0 spiro atoms. The molecule has 0 saturated heterocycles. The van der Waals surface area contributed by atoms with Crippen molar-refractivity contribution in [3.8, 4) is 0 Å². The molecule has 2 rings (SSSR count). The van der Waals surface area contributed by atoms with Crippen LogP contribution in [-0.4, -0.2) is 27.0 Å². The van der Waals surface area contributed by atoms with Gasteiger partial charge in [0.05, 0.1) is 0 Å². The van der Waals surface area contributed by atoms with Gasteiger partial charge >= 0.3 is 0 Å². The van der Waals surface area contributed by atoms with Gasteiger partial charge in [-0.3, -0.25) is 0 Å². The first kappa shape index (κ1) is 13.3. The molecular formula is C12H19N3O2S. The van der Waals surface area contributed by atoms with Crippen LogP contribution in [0.4, 0.5) is 5.82 Å². The van der Waals surface area contributed by atoms with E-state index in [4.69, 9.17) is 0 Å². The smallest absolute Gasteiger partial charge is 0.244 e. The summed E-state index contributed by atoms with van der Waals surface area (Å²) in [6.45, 7) is 0.497. The zero-order valence-electron chi connectivity index (χ0n) is 10.5. The van der Waals surface area contributed by atoms with Crippen LogP contribution in [0.1, 0.15) is 25.7 Å². The molecule has 1 heterocycles. The van der Waals surface area contributed by atoms with Gasteiger partial charge in [-0.2, -0.15) is 0 Å². The molecule has 1 fully saturated rings. The van der Waals surface area contributed by atoms with Gasteiger partial charge in [-0.05, 0) is 30.9 Å². The summed E-state index contributed by atoms with van der Waals surface area (Å²) in [5.74, 6) is 1.22. The zero-order chi connectivity index (χ0) is 13.0. The van der Waals surface area contributed by atoms with Crippen molar-refractivity contribution in [3.63, 3.8) is 0 Å². The molecule has 0 radical (unpaired) electrons. The fourth-order valence-electron chi connectivity index (χ4n) is 1.88. The van der Waals surface area contributed by atoms with Gasteiger partial charge in [0.1, 0.15) is 10.7 Å². The molecule has 1 aromatic heterocycles. The quantitative estimate of drug-likeness (QED) is 0.737. The molecule has 18 heavy (non-hydrogen) atoms. The van der Waals surface area contributed by atoms with Crippen LogP contribution in [0.2, 0.25) is 0 Å². The van der Waals surface area contributed by atoms with Gasteiger partial charge in [0.25, 0.3) is 0 Å². The summed E-state index contributed by atoms with van der Waals surface area (Å²) in [6.07, 6.45) is 6.20. The van der Waals surface area contributed by atoms with Crippen LogP contribution in [-0.2, 0) is 10.0 Å². The van der Waals surface area contributed by atoms with E-state index in [-0.39, 0.29) is 4.90 Å². The molecule has 0 unspecified atom stereocenters. The number of rotatable bonds is 7. The van der Waals surface area contributed by atoms with E-state index in [2.05, 4.69) is 15.0 Å². The molecular weight excluding hydrogens is 250 g/mol. The highest BCUT2D eigenvalue weighted by molar-refractivity contribution is 7.89. The molecule has 2 N–H and O–H groups in total. The predicted octanol–water partition coefficient (Wildman–Crippen LogP) is 1.59. The lowest BCUT2D eigenvalue weighted by Crippen LogP contribution is -2.25. The Morgan fingerprint density at radius 1 is 1.44 bits per heavy atom. The van der Waals surface area contributed by atoms with Gasteiger partial charge in [-0.15, -0.1) is 0 Å². The molecule has 1 aromatic rings. The van der Waals surface area contributed by atoms with Gasteiger partial charge in [-0.1, -0.05) is 12.8 Å². The van der Waals surface area contributed by atoms with Crippen molar-refractivity contribution < 1.29 is 8.42 Å². The molecule has 6 heteroatoms. The van der Waals surface area contributed by atoms with Crippen molar-refractivity contribution in [1.82, 2.24) is 9.71 Å². The van der Waals surface area contributed by atoms with Crippen LogP contribution in [0, 0.1) is 5.92 Å². The standard InChI is InChI=1S/C12H19N3O2S/c1-13-12-11(5-3-8-14-12)18(16,17)15-9-2-4-10-6-7-10/h3,5,8,10,15H,2,4,6-7,9H2,1H3,(H,13,14). The normalized spacial score (nSPS) is 15.6. The summed E-state index contributed by atoms with van der Waals surface area (Å²) in [6, 6.07) is 3.18. The summed E-state index contributed by atoms with van der Waals surface area (Å²) < 4.78 is 26.8. The van der Waals surface area contributed by atoms with E-state index >= 15 is 0 Å². The van der Waals surface area contributed by atoms with Crippen molar-refractivity contribution >= 4 is 15.8 Å². The lowest BCUT2D eigenvalue weighted by atomic mass is 10.2. The molecule has 1 aliphatic rings. The van der Waals surface area contributed by atoms with E-state index in [1.165, 1.54) is 12.8 Å². The third-order valence-corrected chi connectivity index (χ3v) is 4.57. The Balaban J connectivity index is 1.95. The van der Waals surface area contributed by atoms with E-state index in [1.54, 1.807) is 25.4 Å². The lowest BCUT2D eigenvalue weighted by molar-refractivity contribution is 0.572. The average molecular weight is 269 g/mol. The van der Waals surface area contributed by atoms with Gasteiger partial charge in [-0.25, -0.2) is 18.1 Å². The number of hydrogen-bond acceptors (Lipinski definition) is 4. The summed E-state index contributed by atoms with van der Waals surface area (Å²) >= 11 is 0. The topological polar surface area (TPSA) is 71.1 Å². The van der Waals surface area contributed by atoms with E-state index in [9.17, 15) is 8.42 Å². The Labute approximate surface area is 108 Å². The Bertz CT molecular complexity index is 498. The fraction of sp³-hybridized carbons (Fsp3) is 0.583. The minimum atomic E-state index is -3.46. The number of sulfonamides is 1. The second kappa shape index (κ2) is 5.67. The van der Waals surface area contributed by atoms with Crippen LogP contribution in [0.25, 0.3) is 0 Å². The van der Waals surface area contributed by atoms with Crippen molar-refractivity contribution in [2.75, 3.05) is 18.9 Å². The summed E-state index contributed by atoms with van der Waals surface area (Å²) in [5.41, 5.74) is 0. The van der Waals surface area contributed by atoms with Gasteiger partial charge in [0.15, 0.2) is 0 Å². The van der Waals surface area contributed by atoms with Crippen molar-refractivity contribution in [1.29, 1.82) is 0 Å². The molecule has 1 saturated carbocycles.